The van der Waals surface area contributed by atoms with Gasteiger partial charge in [-0.3, -0.25) is 4.79 Å². The zero-order valence-electron chi connectivity index (χ0n) is 24.1. The molecular weight excluding hydrogens is 628 g/mol. The number of nitrogen functional groups attached to an aromatic ring is 1. The maximum atomic E-state index is 15.1. The van der Waals surface area contributed by atoms with Crippen LogP contribution in [0.1, 0.15) is 34.5 Å². The van der Waals surface area contributed by atoms with Crippen molar-refractivity contribution in [3.05, 3.63) is 83.8 Å². The molecule has 7 rings (SSSR count). The number of carbonyl (C=O) groups excluding carboxylic acids is 1. The number of fused-ring (bicyclic) bond motifs is 2. The SMILES string of the molecule is COc1cc(C(=O)NC[C@](O)(c2cc3c(c(-c4ccc(F)cc4)n2)OC[C@@]3(n2ccnc2)C(F)(F)F)C2CC2)cc2sc(N)nc12. The number of hydrogen-bond acceptors (Lipinski definition) is 9. The number of ether oxygens (including phenoxy) is 2. The van der Waals surface area contributed by atoms with Gasteiger partial charge >= 0.3 is 6.18 Å². The average Bonchev–Trinajstić information content (AvgIpc) is 3.40. The first-order chi connectivity index (χ1) is 21.9. The molecule has 0 saturated heterocycles. The van der Waals surface area contributed by atoms with Crippen LogP contribution in [0.5, 0.6) is 11.5 Å². The standard InChI is InChI=1S/C31H26F4N6O4S/c1-44-21-10-17(11-22-25(21)40-28(36)46-22)27(42)38-13-29(43,18-4-5-18)23-12-20-26(24(39-23)16-2-6-19(32)7-3-16)45-14-30(20,31(33,34)35)41-9-8-37-15-41/h2-3,6-12,15,18,43H,4-5,13-14H2,1H3,(H2,36,40)(H,38,42)/t29-,30+/m1/s1. The van der Waals surface area contributed by atoms with Gasteiger partial charge < -0.3 is 30.2 Å². The first-order valence-electron chi connectivity index (χ1n) is 14.2. The predicted octanol–water partition coefficient (Wildman–Crippen LogP) is 5.01. The van der Waals surface area contributed by atoms with Crippen molar-refractivity contribution in [3.63, 3.8) is 0 Å². The van der Waals surface area contributed by atoms with Gasteiger partial charge in [-0.15, -0.1) is 0 Å². The van der Waals surface area contributed by atoms with Crippen molar-refractivity contribution in [2.75, 3.05) is 26.0 Å². The summed E-state index contributed by atoms with van der Waals surface area (Å²) in [7, 11) is 1.44. The number of hydrogen-bond donors (Lipinski definition) is 3. The van der Waals surface area contributed by atoms with Gasteiger partial charge in [0.15, 0.2) is 10.9 Å². The Morgan fingerprint density at radius 2 is 1.98 bits per heavy atom. The van der Waals surface area contributed by atoms with E-state index >= 15 is 13.2 Å². The predicted molar refractivity (Wildman–Crippen MR) is 160 cm³/mol. The number of rotatable bonds is 8. The largest absolute Gasteiger partial charge is 0.494 e. The summed E-state index contributed by atoms with van der Waals surface area (Å²) in [6.45, 7) is -1.17. The van der Waals surface area contributed by atoms with E-state index in [1.54, 1.807) is 6.07 Å². The topological polar surface area (TPSA) is 137 Å². The molecular formula is C31H26F4N6O4S. The van der Waals surface area contributed by atoms with Crippen LogP contribution in [0.4, 0.5) is 22.7 Å². The fourth-order valence-electron chi connectivity index (χ4n) is 5.97. The lowest BCUT2D eigenvalue weighted by Crippen LogP contribution is -2.50. The number of imidazole rings is 1. The van der Waals surface area contributed by atoms with Gasteiger partial charge in [0, 0.05) is 29.1 Å². The molecule has 2 aliphatic rings. The molecule has 3 aromatic heterocycles. The number of pyridine rings is 1. The Morgan fingerprint density at radius 1 is 1.22 bits per heavy atom. The molecule has 15 heteroatoms. The van der Waals surface area contributed by atoms with E-state index in [0.717, 1.165) is 23.0 Å². The molecule has 0 spiro atoms. The van der Waals surface area contributed by atoms with Crippen molar-refractivity contribution in [1.82, 2.24) is 24.8 Å². The maximum Gasteiger partial charge on any atom is 0.419 e. The number of nitrogens with two attached hydrogens (primary N) is 1. The summed E-state index contributed by atoms with van der Waals surface area (Å²) in [6, 6.07) is 9.36. The van der Waals surface area contributed by atoms with Crippen LogP contribution in [0.2, 0.25) is 0 Å². The summed E-state index contributed by atoms with van der Waals surface area (Å²) in [4.78, 5) is 26.1. The Labute approximate surface area is 262 Å². The number of halogens is 4. The molecule has 1 amide bonds. The van der Waals surface area contributed by atoms with Gasteiger partial charge in [-0.1, -0.05) is 11.3 Å². The lowest BCUT2D eigenvalue weighted by Gasteiger charge is -2.33. The number of aliphatic hydroxyl groups is 1. The van der Waals surface area contributed by atoms with Crippen molar-refractivity contribution in [3.8, 4) is 22.8 Å². The molecule has 5 aromatic rings. The van der Waals surface area contributed by atoms with E-state index in [2.05, 4.69) is 20.3 Å². The molecule has 238 valence electrons. The second kappa shape index (κ2) is 10.7. The Balaban J connectivity index is 1.33. The maximum absolute atomic E-state index is 15.1. The van der Waals surface area contributed by atoms with E-state index in [9.17, 15) is 14.3 Å². The van der Waals surface area contributed by atoms with Gasteiger partial charge in [-0.2, -0.15) is 13.2 Å². The first kappa shape index (κ1) is 29.9. The number of amides is 1. The normalized spacial score (nSPS) is 19.0. The number of anilines is 1. The minimum atomic E-state index is -4.86. The quantitative estimate of drug-likeness (QED) is 0.199. The molecule has 4 heterocycles. The molecule has 0 radical (unpaired) electrons. The number of carbonyl (C=O) groups is 1. The summed E-state index contributed by atoms with van der Waals surface area (Å²) >= 11 is 1.17. The summed E-state index contributed by atoms with van der Waals surface area (Å²) in [6.07, 6.45) is -0.269. The smallest absolute Gasteiger partial charge is 0.419 e. The van der Waals surface area contributed by atoms with Crippen molar-refractivity contribution >= 4 is 32.6 Å². The van der Waals surface area contributed by atoms with Crippen LogP contribution in [0.3, 0.4) is 0 Å². The second-order valence-corrected chi connectivity index (χ2v) is 12.4. The first-order valence-corrected chi connectivity index (χ1v) is 15.0. The number of alkyl halides is 3. The highest BCUT2D eigenvalue weighted by molar-refractivity contribution is 7.22. The number of methoxy groups -OCH3 is 1. The third kappa shape index (κ3) is 4.72. The number of benzene rings is 2. The van der Waals surface area contributed by atoms with Crippen LogP contribution in [0.15, 0.2) is 61.2 Å². The van der Waals surface area contributed by atoms with E-state index in [-0.39, 0.29) is 40.4 Å². The van der Waals surface area contributed by atoms with Crippen LogP contribution >= 0.6 is 11.3 Å². The van der Waals surface area contributed by atoms with Crippen molar-refractivity contribution in [2.24, 2.45) is 5.92 Å². The van der Waals surface area contributed by atoms with E-state index in [4.69, 9.17) is 15.2 Å². The highest BCUT2D eigenvalue weighted by Gasteiger charge is 2.63. The van der Waals surface area contributed by atoms with Crippen molar-refractivity contribution in [1.29, 1.82) is 0 Å². The highest BCUT2D eigenvalue weighted by atomic mass is 32.1. The highest BCUT2D eigenvalue weighted by Crippen LogP contribution is 2.54. The number of thiazole rings is 1. The van der Waals surface area contributed by atoms with Crippen LogP contribution in [0.25, 0.3) is 21.5 Å². The fraction of sp³-hybridized carbons (Fsp3) is 0.290. The average molecular weight is 655 g/mol. The molecule has 0 bridgehead atoms. The van der Waals surface area contributed by atoms with Gasteiger partial charge in [0.05, 0.1) is 30.4 Å². The molecule has 1 aliphatic carbocycles. The third-order valence-electron chi connectivity index (χ3n) is 8.55. The molecule has 2 atom stereocenters. The summed E-state index contributed by atoms with van der Waals surface area (Å²) in [5.41, 5.74) is 1.92. The van der Waals surface area contributed by atoms with E-state index in [1.807, 2.05) is 0 Å². The molecule has 1 aliphatic heterocycles. The minimum Gasteiger partial charge on any atom is -0.494 e. The zero-order chi connectivity index (χ0) is 32.4. The molecule has 4 N–H and O–H groups in total. The van der Waals surface area contributed by atoms with Gasteiger partial charge in [0.2, 0.25) is 5.54 Å². The Morgan fingerprint density at radius 3 is 2.63 bits per heavy atom. The van der Waals surface area contributed by atoms with E-state index in [0.29, 0.717) is 33.9 Å². The number of aromatic nitrogens is 4. The minimum absolute atomic E-state index is 0.00196. The Kier molecular flexibility index (Phi) is 6.93. The third-order valence-corrected chi connectivity index (χ3v) is 9.38. The number of nitrogens with zero attached hydrogens (tertiary/aromatic N) is 4. The fourth-order valence-corrected chi connectivity index (χ4v) is 6.76. The Bertz CT molecular complexity index is 1960. The van der Waals surface area contributed by atoms with E-state index < -0.39 is 41.6 Å². The summed E-state index contributed by atoms with van der Waals surface area (Å²) < 4.78 is 71.9. The Hall–Kier alpha value is -4.76. The van der Waals surface area contributed by atoms with Crippen LogP contribution in [-0.2, 0) is 11.1 Å². The number of nitrogens with one attached hydrogen (secondary N) is 1. The molecule has 1 fully saturated rings. The van der Waals surface area contributed by atoms with Gasteiger partial charge in [0.25, 0.3) is 5.91 Å². The molecule has 0 unspecified atom stereocenters. The van der Waals surface area contributed by atoms with Crippen LogP contribution in [-0.4, -0.2) is 57.0 Å². The molecule has 46 heavy (non-hydrogen) atoms. The lowest BCUT2D eigenvalue weighted by molar-refractivity contribution is -0.202. The molecule has 10 nitrogen and oxygen atoms in total. The lowest BCUT2D eigenvalue weighted by atomic mass is 9.85. The van der Waals surface area contributed by atoms with Crippen molar-refractivity contribution < 1.29 is 36.9 Å². The van der Waals surface area contributed by atoms with E-state index in [1.165, 1.54) is 55.1 Å². The summed E-state index contributed by atoms with van der Waals surface area (Å²) in [5.74, 6) is -1.33. The van der Waals surface area contributed by atoms with Gasteiger partial charge in [0.1, 0.15) is 35.0 Å². The summed E-state index contributed by atoms with van der Waals surface area (Å²) in [5, 5.41) is 15.3. The molecule has 2 aromatic carbocycles. The monoisotopic (exact) mass is 654 g/mol. The second-order valence-electron chi connectivity index (χ2n) is 11.3. The zero-order valence-corrected chi connectivity index (χ0v) is 25.0. The molecule has 1 saturated carbocycles. The van der Waals surface area contributed by atoms with Gasteiger partial charge in [-0.05, 0) is 61.2 Å². The van der Waals surface area contributed by atoms with Crippen LogP contribution in [0, 0.1) is 11.7 Å². The van der Waals surface area contributed by atoms with Gasteiger partial charge in [-0.25, -0.2) is 19.3 Å². The van der Waals surface area contributed by atoms with Crippen LogP contribution < -0.4 is 20.5 Å². The van der Waals surface area contributed by atoms with Crippen molar-refractivity contribution in [2.45, 2.75) is 30.2 Å².